The molecule has 2 aromatic carbocycles. The number of carbonyl (C=O) groups excluding carboxylic acids is 1. The van der Waals surface area contributed by atoms with Crippen molar-refractivity contribution in [3.8, 4) is 11.3 Å². The predicted octanol–water partition coefficient (Wildman–Crippen LogP) is 4.05. The van der Waals surface area contributed by atoms with E-state index >= 15 is 0 Å². The number of nitrogens with zero attached hydrogens (tertiary/aromatic N) is 4. The largest absolute Gasteiger partial charge is 0.445 e. The van der Waals surface area contributed by atoms with E-state index in [0.717, 1.165) is 16.7 Å². The molecule has 164 valence electrons. The van der Waals surface area contributed by atoms with E-state index in [1.165, 1.54) is 6.33 Å². The molecule has 3 N–H and O–H groups in total. The van der Waals surface area contributed by atoms with Gasteiger partial charge < -0.3 is 15.8 Å². The van der Waals surface area contributed by atoms with Gasteiger partial charge in [0.1, 0.15) is 24.4 Å². The molecule has 0 aliphatic heterocycles. The summed E-state index contributed by atoms with van der Waals surface area (Å²) < 4.78 is 7.11. The lowest BCUT2D eigenvalue weighted by molar-refractivity contribution is 0.135. The standard InChI is InChI=1S/C24H26N6O2/c1-16-9-11-18(12-10-16)20-19-21(25)27-15-28-22(19)30(29-20)24(2,3)14-26-23(31)32-13-17-7-5-4-6-8-17/h4-12,15H,13-14H2,1-3H3,(H,26,31)(H2,25,27,28). The van der Waals surface area contributed by atoms with E-state index in [0.29, 0.717) is 22.5 Å². The van der Waals surface area contributed by atoms with Crippen molar-refractivity contribution in [3.63, 3.8) is 0 Å². The molecule has 0 saturated heterocycles. The number of aryl methyl sites for hydroxylation is 1. The zero-order valence-electron chi connectivity index (χ0n) is 18.4. The van der Waals surface area contributed by atoms with E-state index < -0.39 is 11.6 Å². The molecule has 0 radical (unpaired) electrons. The fraction of sp³-hybridized carbons (Fsp3) is 0.250. The lowest BCUT2D eigenvalue weighted by Crippen LogP contribution is -2.41. The minimum atomic E-state index is -0.603. The van der Waals surface area contributed by atoms with Crippen molar-refractivity contribution in [2.75, 3.05) is 12.3 Å². The zero-order valence-corrected chi connectivity index (χ0v) is 18.4. The smallest absolute Gasteiger partial charge is 0.407 e. The Bertz CT molecular complexity index is 1230. The number of carbonyl (C=O) groups is 1. The maximum Gasteiger partial charge on any atom is 0.407 e. The molecular formula is C24H26N6O2. The quantitative estimate of drug-likeness (QED) is 0.478. The van der Waals surface area contributed by atoms with Gasteiger partial charge in [-0.05, 0) is 26.3 Å². The molecule has 0 aliphatic rings. The summed E-state index contributed by atoms with van der Waals surface area (Å²) in [6, 6.07) is 17.6. The number of hydrogen-bond donors (Lipinski definition) is 2. The average Bonchev–Trinajstić information content (AvgIpc) is 3.20. The lowest BCUT2D eigenvalue weighted by atomic mass is 10.1. The second-order valence-corrected chi connectivity index (χ2v) is 8.31. The molecule has 0 aliphatic carbocycles. The van der Waals surface area contributed by atoms with E-state index in [2.05, 4.69) is 15.3 Å². The van der Waals surface area contributed by atoms with Crippen LogP contribution in [0.15, 0.2) is 60.9 Å². The Morgan fingerprint density at radius 1 is 1.09 bits per heavy atom. The third-order valence-electron chi connectivity index (χ3n) is 5.27. The Morgan fingerprint density at radius 3 is 2.53 bits per heavy atom. The van der Waals surface area contributed by atoms with Crippen LogP contribution in [0, 0.1) is 6.92 Å². The molecule has 32 heavy (non-hydrogen) atoms. The summed E-state index contributed by atoms with van der Waals surface area (Å²) in [6.45, 7) is 6.46. The molecule has 0 unspecified atom stereocenters. The molecule has 0 fully saturated rings. The van der Waals surface area contributed by atoms with Crippen LogP contribution in [-0.2, 0) is 16.9 Å². The highest BCUT2D eigenvalue weighted by atomic mass is 16.5. The molecule has 2 aromatic heterocycles. The summed E-state index contributed by atoms with van der Waals surface area (Å²) in [5.41, 5.74) is 9.92. The Balaban J connectivity index is 1.57. The van der Waals surface area contributed by atoms with Gasteiger partial charge in [-0.3, -0.25) is 0 Å². The zero-order chi connectivity index (χ0) is 22.7. The van der Waals surface area contributed by atoms with Gasteiger partial charge in [0, 0.05) is 12.1 Å². The normalized spacial score (nSPS) is 11.5. The summed E-state index contributed by atoms with van der Waals surface area (Å²) >= 11 is 0. The maximum absolute atomic E-state index is 12.3. The summed E-state index contributed by atoms with van der Waals surface area (Å²) in [5.74, 6) is 0.364. The molecule has 8 nitrogen and oxygen atoms in total. The molecule has 0 saturated carbocycles. The number of aromatic nitrogens is 4. The van der Waals surface area contributed by atoms with Crippen LogP contribution in [0.25, 0.3) is 22.3 Å². The highest BCUT2D eigenvalue weighted by Crippen LogP contribution is 2.32. The number of ether oxygens (including phenoxy) is 1. The van der Waals surface area contributed by atoms with Crippen LogP contribution in [0.1, 0.15) is 25.0 Å². The van der Waals surface area contributed by atoms with E-state index in [9.17, 15) is 4.79 Å². The first-order chi connectivity index (χ1) is 15.3. The van der Waals surface area contributed by atoms with Crippen molar-refractivity contribution in [3.05, 3.63) is 72.1 Å². The number of anilines is 1. The van der Waals surface area contributed by atoms with E-state index in [4.69, 9.17) is 15.6 Å². The number of nitrogen functional groups attached to an aromatic ring is 1. The molecule has 2 heterocycles. The summed E-state index contributed by atoms with van der Waals surface area (Å²) in [4.78, 5) is 20.9. The van der Waals surface area contributed by atoms with Crippen molar-refractivity contribution in [1.29, 1.82) is 0 Å². The minimum absolute atomic E-state index is 0.207. The van der Waals surface area contributed by atoms with Gasteiger partial charge in [0.05, 0.1) is 10.9 Å². The number of benzene rings is 2. The van der Waals surface area contributed by atoms with Gasteiger partial charge in [0.2, 0.25) is 0 Å². The number of rotatable bonds is 6. The summed E-state index contributed by atoms with van der Waals surface area (Å²) in [5, 5.41) is 8.36. The molecule has 8 heteroatoms. The predicted molar refractivity (Wildman–Crippen MR) is 124 cm³/mol. The molecule has 4 rings (SSSR count). The van der Waals surface area contributed by atoms with Gasteiger partial charge in [0.15, 0.2) is 5.65 Å². The average molecular weight is 431 g/mol. The highest BCUT2D eigenvalue weighted by molar-refractivity contribution is 5.98. The fourth-order valence-corrected chi connectivity index (χ4v) is 3.45. The van der Waals surface area contributed by atoms with Gasteiger partial charge in [-0.15, -0.1) is 0 Å². The van der Waals surface area contributed by atoms with Crippen LogP contribution >= 0.6 is 0 Å². The monoisotopic (exact) mass is 430 g/mol. The third kappa shape index (κ3) is 4.39. The Labute approximate surface area is 186 Å². The Kier molecular flexibility index (Phi) is 5.77. The first-order valence-corrected chi connectivity index (χ1v) is 10.4. The van der Waals surface area contributed by atoms with E-state index in [-0.39, 0.29) is 13.2 Å². The number of amides is 1. The highest BCUT2D eigenvalue weighted by Gasteiger charge is 2.28. The topological polar surface area (TPSA) is 108 Å². The minimum Gasteiger partial charge on any atom is -0.445 e. The van der Waals surface area contributed by atoms with E-state index in [1.807, 2.05) is 75.4 Å². The summed E-state index contributed by atoms with van der Waals surface area (Å²) in [6.07, 6.45) is 0.929. The number of nitrogens with two attached hydrogens (primary N) is 1. The molecule has 4 aromatic rings. The van der Waals surface area contributed by atoms with Crippen molar-refractivity contribution in [2.45, 2.75) is 32.9 Å². The van der Waals surface area contributed by atoms with E-state index in [1.54, 1.807) is 4.68 Å². The first kappa shape index (κ1) is 21.3. The Hall–Kier alpha value is -3.94. The molecule has 0 bridgehead atoms. The van der Waals surface area contributed by atoms with Crippen LogP contribution in [0.5, 0.6) is 0 Å². The SMILES string of the molecule is Cc1ccc(-c2nn(C(C)(C)CNC(=O)OCc3ccccc3)c3ncnc(N)c23)cc1. The molecular weight excluding hydrogens is 404 g/mol. The second kappa shape index (κ2) is 8.66. The van der Waals surface area contributed by atoms with Crippen LogP contribution in [-0.4, -0.2) is 32.4 Å². The molecule has 0 atom stereocenters. The molecule has 0 spiro atoms. The molecule has 1 amide bonds. The second-order valence-electron chi connectivity index (χ2n) is 8.31. The van der Waals surface area contributed by atoms with Gasteiger partial charge >= 0.3 is 6.09 Å². The van der Waals surface area contributed by atoms with Crippen molar-refractivity contribution in [1.82, 2.24) is 25.1 Å². The fourth-order valence-electron chi connectivity index (χ4n) is 3.45. The first-order valence-electron chi connectivity index (χ1n) is 10.4. The van der Waals surface area contributed by atoms with Gasteiger partial charge in [-0.25, -0.2) is 19.4 Å². The van der Waals surface area contributed by atoms with Crippen molar-refractivity contribution < 1.29 is 9.53 Å². The van der Waals surface area contributed by atoms with Gasteiger partial charge in [0.25, 0.3) is 0 Å². The maximum atomic E-state index is 12.3. The third-order valence-corrected chi connectivity index (χ3v) is 5.27. The number of fused-ring (bicyclic) bond motifs is 1. The van der Waals surface area contributed by atoms with Crippen LogP contribution in [0.3, 0.4) is 0 Å². The number of hydrogen-bond acceptors (Lipinski definition) is 6. The van der Waals surface area contributed by atoms with Crippen LogP contribution < -0.4 is 11.1 Å². The lowest BCUT2D eigenvalue weighted by Gasteiger charge is -2.26. The summed E-state index contributed by atoms with van der Waals surface area (Å²) in [7, 11) is 0. The Morgan fingerprint density at radius 2 is 1.81 bits per heavy atom. The van der Waals surface area contributed by atoms with Crippen LogP contribution in [0.4, 0.5) is 10.6 Å². The number of alkyl carbamates (subject to hydrolysis) is 1. The van der Waals surface area contributed by atoms with Crippen molar-refractivity contribution in [2.24, 2.45) is 0 Å². The number of nitrogens with one attached hydrogen (secondary N) is 1. The van der Waals surface area contributed by atoms with Crippen LogP contribution in [0.2, 0.25) is 0 Å². The van der Waals surface area contributed by atoms with Gasteiger partial charge in [-0.2, -0.15) is 5.10 Å². The van der Waals surface area contributed by atoms with Crippen molar-refractivity contribution >= 4 is 22.9 Å². The van der Waals surface area contributed by atoms with Gasteiger partial charge in [-0.1, -0.05) is 60.2 Å².